The minimum Gasteiger partial charge on any atom is -0.351 e. The van der Waals surface area contributed by atoms with E-state index >= 15 is 0 Å². The van der Waals surface area contributed by atoms with E-state index in [1.807, 2.05) is 12.4 Å². The summed E-state index contributed by atoms with van der Waals surface area (Å²) >= 11 is 2.23. The van der Waals surface area contributed by atoms with Gasteiger partial charge in [0.05, 0.1) is 0 Å². The molecule has 2 fully saturated rings. The summed E-state index contributed by atoms with van der Waals surface area (Å²) in [6.07, 6.45) is 10.1. The Hall–Kier alpha value is -0.430. The lowest BCUT2D eigenvalue weighted by atomic mass is 9.70. The molecule has 1 saturated heterocycles. The summed E-state index contributed by atoms with van der Waals surface area (Å²) in [6.45, 7) is 1.11. The molecule has 92 valence electrons. The smallest absolute Gasteiger partial charge is 0.222 e. The van der Waals surface area contributed by atoms with E-state index in [9.17, 15) is 0 Å². The van der Waals surface area contributed by atoms with Crippen molar-refractivity contribution < 1.29 is 0 Å². The van der Waals surface area contributed by atoms with Crippen molar-refractivity contribution in [1.82, 2.24) is 15.3 Å². The van der Waals surface area contributed by atoms with E-state index in [1.165, 1.54) is 25.7 Å². The van der Waals surface area contributed by atoms with Gasteiger partial charge < -0.3 is 10.6 Å². The number of hydrogen-bond acceptors (Lipinski definition) is 4. The van der Waals surface area contributed by atoms with Crippen LogP contribution < -0.4 is 10.6 Å². The highest BCUT2D eigenvalue weighted by molar-refractivity contribution is 14.1. The predicted molar refractivity (Wildman–Crippen MR) is 76.0 cm³/mol. The van der Waals surface area contributed by atoms with Gasteiger partial charge in [-0.25, -0.2) is 9.97 Å². The SMILES string of the molecule is Ic1cnc(NC2CCNC3(CCC3)C2)nc1. The van der Waals surface area contributed by atoms with E-state index in [1.54, 1.807) is 0 Å². The van der Waals surface area contributed by atoms with Crippen molar-refractivity contribution in [3.8, 4) is 0 Å². The van der Waals surface area contributed by atoms with Gasteiger partial charge in [0.1, 0.15) is 0 Å². The van der Waals surface area contributed by atoms with Crippen LogP contribution in [-0.4, -0.2) is 28.1 Å². The number of anilines is 1. The third kappa shape index (κ3) is 2.54. The Labute approximate surface area is 115 Å². The van der Waals surface area contributed by atoms with Gasteiger partial charge in [-0.2, -0.15) is 0 Å². The largest absolute Gasteiger partial charge is 0.351 e. The van der Waals surface area contributed by atoms with E-state index in [4.69, 9.17) is 0 Å². The summed E-state index contributed by atoms with van der Waals surface area (Å²) in [4.78, 5) is 8.63. The molecule has 0 bridgehead atoms. The molecule has 5 heteroatoms. The summed E-state index contributed by atoms with van der Waals surface area (Å²) < 4.78 is 1.08. The Balaban J connectivity index is 1.63. The van der Waals surface area contributed by atoms with Crippen LogP contribution in [0, 0.1) is 3.57 Å². The quantitative estimate of drug-likeness (QED) is 0.808. The third-order valence-corrected chi connectivity index (χ3v) is 4.45. The maximum Gasteiger partial charge on any atom is 0.222 e. The molecule has 0 aromatic carbocycles. The normalized spacial score (nSPS) is 26.5. The third-order valence-electron chi connectivity index (χ3n) is 3.89. The van der Waals surface area contributed by atoms with E-state index < -0.39 is 0 Å². The van der Waals surface area contributed by atoms with Gasteiger partial charge in [-0.05, 0) is 61.2 Å². The summed E-state index contributed by atoms with van der Waals surface area (Å²) in [5, 5.41) is 7.14. The van der Waals surface area contributed by atoms with Gasteiger partial charge in [-0.15, -0.1) is 0 Å². The highest BCUT2D eigenvalue weighted by Gasteiger charge is 2.40. The first-order valence-electron chi connectivity index (χ1n) is 6.25. The number of aromatic nitrogens is 2. The van der Waals surface area contributed by atoms with E-state index in [-0.39, 0.29) is 0 Å². The van der Waals surface area contributed by atoms with Crippen molar-refractivity contribution in [3.63, 3.8) is 0 Å². The highest BCUT2D eigenvalue weighted by Crippen LogP contribution is 2.38. The number of halogens is 1. The van der Waals surface area contributed by atoms with Crippen molar-refractivity contribution >= 4 is 28.5 Å². The number of piperidine rings is 1. The lowest BCUT2D eigenvalue weighted by Crippen LogP contribution is -2.58. The Morgan fingerprint density at radius 1 is 1.35 bits per heavy atom. The molecule has 2 N–H and O–H groups in total. The molecular weight excluding hydrogens is 327 g/mol. The van der Waals surface area contributed by atoms with Crippen LogP contribution in [0.4, 0.5) is 5.95 Å². The first kappa shape index (κ1) is 11.6. The zero-order valence-electron chi connectivity index (χ0n) is 9.75. The molecule has 3 rings (SSSR count). The van der Waals surface area contributed by atoms with Crippen molar-refractivity contribution in [3.05, 3.63) is 16.0 Å². The molecule has 4 nitrogen and oxygen atoms in total. The Kier molecular flexibility index (Phi) is 3.21. The summed E-state index contributed by atoms with van der Waals surface area (Å²) in [5.74, 6) is 0.770. The standard InChI is InChI=1S/C12H17IN4/c13-9-7-14-11(15-8-9)17-10-2-5-16-12(6-10)3-1-4-12/h7-8,10,16H,1-6H2,(H,14,15,17). The second kappa shape index (κ2) is 4.68. The molecule has 2 aliphatic rings. The minimum atomic E-state index is 0.430. The molecule has 1 saturated carbocycles. The molecule has 2 heterocycles. The van der Waals surface area contributed by atoms with Crippen molar-refractivity contribution in [2.24, 2.45) is 0 Å². The lowest BCUT2D eigenvalue weighted by Gasteiger charge is -2.48. The highest BCUT2D eigenvalue weighted by atomic mass is 127. The molecule has 1 atom stereocenters. The molecule has 0 radical (unpaired) electrons. The van der Waals surface area contributed by atoms with E-state index in [0.29, 0.717) is 11.6 Å². The van der Waals surface area contributed by atoms with Gasteiger partial charge in [-0.1, -0.05) is 0 Å². The second-order valence-electron chi connectivity index (χ2n) is 5.12. The molecule has 17 heavy (non-hydrogen) atoms. The van der Waals surface area contributed by atoms with Crippen LogP contribution in [0.15, 0.2) is 12.4 Å². The molecule has 1 spiro atoms. The second-order valence-corrected chi connectivity index (χ2v) is 6.37. The van der Waals surface area contributed by atoms with Crippen LogP contribution in [0.2, 0.25) is 0 Å². The van der Waals surface area contributed by atoms with E-state index in [0.717, 1.165) is 22.5 Å². The predicted octanol–water partition coefficient (Wildman–Crippen LogP) is 2.17. The number of rotatable bonds is 2. The Morgan fingerprint density at radius 2 is 2.12 bits per heavy atom. The molecule has 1 aromatic heterocycles. The zero-order chi connectivity index (χ0) is 11.7. The van der Waals surface area contributed by atoms with Crippen molar-refractivity contribution in [2.45, 2.75) is 43.7 Å². The number of hydrogen-bond donors (Lipinski definition) is 2. The van der Waals surface area contributed by atoms with Gasteiger partial charge in [-0.3, -0.25) is 0 Å². The summed E-state index contributed by atoms with van der Waals surface area (Å²) in [6, 6.07) is 0.525. The van der Waals surface area contributed by atoms with Gasteiger partial charge in [0, 0.05) is 27.5 Å². The molecule has 1 aromatic rings. The van der Waals surface area contributed by atoms with Crippen LogP contribution in [0.25, 0.3) is 0 Å². The average molecular weight is 344 g/mol. The zero-order valence-corrected chi connectivity index (χ0v) is 11.9. The molecular formula is C12H17IN4. The molecule has 1 unspecified atom stereocenters. The summed E-state index contributed by atoms with van der Waals surface area (Å²) in [5.41, 5.74) is 0.430. The van der Waals surface area contributed by atoms with Gasteiger partial charge in [0.2, 0.25) is 5.95 Å². The Morgan fingerprint density at radius 3 is 2.76 bits per heavy atom. The minimum absolute atomic E-state index is 0.430. The molecule has 1 aliphatic heterocycles. The van der Waals surface area contributed by atoms with Crippen LogP contribution in [0.5, 0.6) is 0 Å². The van der Waals surface area contributed by atoms with Gasteiger partial charge in [0.15, 0.2) is 0 Å². The van der Waals surface area contributed by atoms with Crippen LogP contribution >= 0.6 is 22.6 Å². The monoisotopic (exact) mass is 344 g/mol. The van der Waals surface area contributed by atoms with Crippen LogP contribution in [-0.2, 0) is 0 Å². The number of nitrogens with one attached hydrogen (secondary N) is 2. The van der Waals surface area contributed by atoms with Crippen LogP contribution in [0.1, 0.15) is 32.1 Å². The Bertz CT molecular complexity index is 388. The number of nitrogens with zero attached hydrogens (tertiary/aromatic N) is 2. The first-order valence-corrected chi connectivity index (χ1v) is 7.33. The first-order chi connectivity index (χ1) is 8.26. The van der Waals surface area contributed by atoms with Gasteiger partial charge in [0.25, 0.3) is 0 Å². The fourth-order valence-electron chi connectivity index (χ4n) is 2.83. The molecule has 1 aliphatic carbocycles. The van der Waals surface area contributed by atoms with Crippen molar-refractivity contribution in [1.29, 1.82) is 0 Å². The summed E-state index contributed by atoms with van der Waals surface area (Å²) in [7, 11) is 0. The maximum absolute atomic E-state index is 4.31. The fraction of sp³-hybridized carbons (Fsp3) is 0.667. The maximum atomic E-state index is 4.31. The molecule has 0 amide bonds. The fourth-order valence-corrected chi connectivity index (χ4v) is 3.11. The van der Waals surface area contributed by atoms with Crippen LogP contribution in [0.3, 0.4) is 0 Å². The average Bonchev–Trinajstić information content (AvgIpc) is 2.31. The topological polar surface area (TPSA) is 49.8 Å². The van der Waals surface area contributed by atoms with E-state index in [2.05, 4.69) is 43.2 Å². The lowest BCUT2D eigenvalue weighted by molar-refractivity contribution is 0.135. The van der Waals surface area contributed by atoms with Gasteiger partial charge >= 0.3 is 0 Å². The van der Waals surface area contributed by atoms with Crippen molar-refractivity contribution in [2.75, 3.05) is 11.9 Å².